The first-order valence-electron chi connectivity index (χ1n) is 3.78. The van der Waals surface area contributed by atoms with Crippen LogP contribution in [0.2, 0.25) is 0 Å². The van der Waals surface area contributed by atoms with Gasteiger partial charge in [-0.15, -0.1) is 0 Å². The predicted molar refractivity (Wildman–Crippen MR) is 47.3 cm³/mol. The fourth-order valence-corrected chi connectivity index (χ4v) is 0.884. The standard InChI is InChI=1S/C9H11NO3/c1-6(11)8-4-7(12-2)5-9(10-8)13-3/h4-5H,1-3H3. The number of hydrogen-bond acceptors (Lipinski definition) is 4. The summed E-state index contributed by atoms with van der Waals surface area (Å²) in [6, 6.07) is 3.19. The molecule has 0 saturated heterocycles. The lowest BCUT2D eigenvalue weighted by atomic mass is 10.2. The van der Waals surface area contributed by atoms with Gasteiger partial charge in [-0.05, 0) is 0 Å². The minimum Gasteiger partial charge on any atom is -0.496 e. The Labute approximate surface area is 76.5 Å². The second kappa shape index (κ2) is 3.89. The van der Waals surface area contributed by atoms with Gasteiger partial charge in [-0.1, -0.05) is 0 Å². The quantitative estimate of drug-likeness (QED) is 0.659. The zero-order chi connectivity index (χ0) is 9.84. The number of ether oxygens (including phenoxy) is 2. The van der Waals surface area contributed by atoms with Crippen LogP contribution in [0.5, 0.6) is 11.6 Å². The number of nitrogens with zero attached hydrogens (tertiary/aromatic N) is 1. The summed E-state index contributed by atoms with van der Waals surface area (Å²) in [5, 5.41) is 0. The maximum atomic E-state index is 11.0. The van der Waals surface area contributed by atoms with Crippen molar-refractivity contribution in [1.29, 1.82) is 0 Å². The van der Waals surface area contributed by atoms with Crippen molar-refractivity contribution in [2.45, 2.75) is 6.92 Å². The molecule has 13 heavy (non-hydrogen) atoms. The predicted octanol–water partition coefficient (Wildman–Crippen LogP) is 1.30. The number of methoxy groups -OCH3 is 2. The second-order valence-corrected chi connectivity index (χ2v) is 2.49. The summed E-state index contributed by atoms with van der Waals surface area (Å²) in [4.78, 5) is 15.0. The van der Waals surface area contributed by atoms with Gasteiger partial charge in [0.25, 0.3) is 0 Å². The zero-order valence-corrected chi connectivity index (χ0v) is 7.83. The van der Waals surface area contributed by atoms with E-state index >= 15 is 0 Å². The van der Waals surface area contributed by atoms with E-state index in [9.17, 15) is 4.79 Å². The van der Waals surface area contributed by atoms with Crippen LogP contribution in [-0.2, 0) is 0 Å². The first-order chi connectivity index (χ1) is 6.17. The van der Waals surface area contributed by atoms with E-state index in [2.05, 4.69) is 4.98 Å². The highest BCUT2D eigenvalue weighted by molar-refractivity contribution is 5.92. The summed E-state index contributed by atoms with van der Waals surface area (Å²) in [5.74, 6) is 0.832. The van der Waals surface area contributed by atoms with E-state index < -0.39 is 0 Å². The topological polar surface area (TPSA) is 48.4 Å². The molecule has 0 aliphatic carbocycles. The zero-order valence-electron chi connectivity index (χ0n) is 7.83. The van der Waals surface area contributed by atoms with E-state index in [0.717, 1.165) is 0 Å². The summed E-state index contributed by atoms with van der Waals surface area (Å²) in [5.41, 5.74) is 0.344. The van der Waals surface area contributed by atoms with Crippen LogP contribution in [0, 0.1) is 0 Å². The van der Waals surface area contributed by atoms with Gasteiger partial charge in [0.2, 0.25) is 5.88 Å². The van der Waals surface area contributed by atoms with E-state index in [4.69, 9.17) is 9.47 Å². The Morgan fingerprint density at radius 1 is 1.31 bits per heavy atom. The molecule has 0 aliphatic heterocycles. The third kappa shape index (κ3) is 2.18. The SMILES string of the molecule is COc1cc(OC)nc(C(C)=O)c1. The molecule has 0 fully saturated rings. The number of rotatable bonds is 3. The molecule has 0 saturated carbocycles. The van der Waals surface area contributed by atoms with Crippen molar-refractivity contribution in [1.82, 2.24) is 4.98 Å². The van der Waals surface area contributed by atoms with E-state index in [1.165, 1.54) is 21.1 Å². The smallest absolute Gasteiger partial charge is 0.217 e. The lowest BCUT2D eigenvalue weighted by Gasteiger charge is -2.04. The van der Waals surface area contributed by atoms with Crippen molar-refractivity contribution in [3.05, 3.63) is 17.8 Å². The fraction of sp³-hybridized carbons (Fsp3) is 0.333. The van der Waals surface area contributed by atoms with Crippen LogP contribution in [0.3, 0.4) is 0 Å². The van der Waals surface area contributed by atoms with E-state index in [1.54, 1.807) is 12.1 Å². The maximum Gasteiger partial charge on any atom is 0.217 e. The molecule has 0 atom stereocenters. The van der Waals surface area contributed by atoms with Crippen molar-refractivity contribution in [3.8, 4) is 11.6 Å². The van der Waals surface area contributed by atoms with Gasteiger partial charge in [0.1, 0.15) is 11.4 Å². The Kier molecular flexibility index (Phi) is 2.84. The number of aromatic nitrogens is 1. The van der Waals surface area contributed by atoms with Crippen molar-refractivity contribution in [2.24, 2.45) is 0 Å². The molecular formula is C9H11NO3. The van der Waals surface area contributed by atoms with Crippen molar-refractivity contribution in [3.63, 3.8) is 0 Å². The Balaban J connectivity index is 3.14. The minimum atomic E-state index is -0.114. The Morgan fingerprint density at radius 2 is 2.00 bits per heavy atom. The maximum absolute atomic E-state index is 11.0. The van der Waals surface area contributed by atoms with Crippen LogP contribution in [0.1, 0.15) is 17.4 Å². The molecule has 1 rings (SSSR count). The lowest BCUT2D eigenvalue weighted by molar-refractivity contribution is 0.101. The molecule has 0 amide bonds. The van der Waals surface area contributed by atoms with E-state index in [0.29, 0.717) is 17.3 Å². The molecule has 4 heteroatoms. The number of Topliss-reactive ketones (excluding diaryl/α,β-unsaturated/α-hetero) is 1. The average molecular weight is 181 g/mol. The Bertz CT molecular complexity index is 300. The van der Waals surface area contributed by atoms with Gasteiger partial charge < -0.3 is 9.47 Å². The van der Waals surface area contributed by atoms with Crippen LogP contribution in [0.4, 0.5) is 0 Å². The highest BCUT2D eigenvalue weighted by Crippen LogP contribution is 2.18. The molecule has 1 aromatic rings. The van der Waals surface area contributed by atoms with E-state index in [1.807, 2.05) is 0 Å². The number of pyridine rings is 1. The van der Waals surface area contributed by atoms with Crippen LogP contribution in [0.15, 0.2) is 12.1 Å². The third-order valence-corrected chi connectivity index (χ3v) is 1.58. The van der Waals surface area contributed by atoms with Gasteiger partial charge in [0.15, 0.2) is 5.78 Å². The lowest BCUT2D eigenvalue weighted by Crippen LogP contribution is -1.99. The minimum absolute atomic E-state index is 0.114. The second-order valence-electron chi connectivity index (χ2n) is 2.49. The summed E-state index contributed by atoms with van der Waals surface area (Å²) in [6.07, 6.45) is 0. The van der Waals surface area contributed by atoms with Crippen LogP contribution >= 0.6 is 0 Å². The van der Waals surface area contributed by atoms with E-state index in [-0.39, 0.29) is 5.78 Å². The Hall–Kier alpha value is -1.58. The average Bonchev–Trinajstić information content (AvgIpc) is 2.16. The summed E-state index contributed by atoms with van der Waals surface area (Å²) >= 11 is 0. The van der Waals surface area contributed by atoms with Crippen molar-refractivity contribution >= 4 is 5.78 Å². The third-order valence-electron chi connectivity index (χ3n) is 1.58. The van der Waals surface area contributed by atoms with Crippen LogP contribution in [-0.4, -0.2) is 25.0 Å². The number of carbonyl (C=O) groups is 1. The normalized spacial score (nSPS) is 9.46. The Morgan fingerprint density at radius 3 is 2.46 bits per heavy atom. The molecule has 70 valence electrons. The highest BCUT2D eigenvalue weighted by Gasteiger charge is 2.06. The molecule has 0 aliphatic rings. The molecule has 1 aromatic heterocycles. The monoisotopic (exact) mass is 181 g/mol. The van der Waals surface area contributed by atoms with Crippen LogP contribution < -0.4 is 9.47 Å². The van der Waals surface area contributed by atoms with Gasteiger partial charge in [-0.25, -0.2) is 4.98 Å². The van der Waals surface area contributed by atoms with Crippen LogP contribution in [0.25, 0.3) is 0 Å². The van der Waals surface area contributed by atoms with Gasteiger partial charge >= 0.3 is 0 Å². The van der Waals surface area contributed by atoms with Gasteiger partial charge in [0.05, 0.1) is 14.2 Å². The first-order valence-corrected chi connectivity index (χ1v) is 3.78. The molecule has 0 N–H and O–H groups in total. The van der Waals surface area contributed by atoms with Crippen molar-refractivity contribution < 1.29 is 14.3 Å². The first kappa shape index (κ1) is 9.51. The fourth-order valence-electron chi connectivity index (χ4n) is 0.884. The number of hydrogen-bond donors (Lipinski definition) is 0. The largest absolute Gasteiger partial charge is 0.496 e. The molecule has 0 radical (unpaired) electrons. The number of ketones is 1. The summed E-state index contributed by atoms with van der Waals surface area (Å²) in [6.45, 7) is 1.45. The van der Waals surface area contributed by atoms with Crippen molar-refractivity contribution in [2.75, 3.05) is 14.2 Å². The van der Waals surface area contributed by atoms with Gasteiger partial charge in [-0.3, -0.25) is 4.79 Å². The highest BCUT2D eigenvalue weighted by atomic mass is 16.5. The molecule has 0 unspecified atom stereocenters. The molecule has 4 nitrogen and oxygen atoms in total. The molecular weight excluding hydrogens is 170 g/mol. The molecule has 0 bridgehead atoms. The van der Waals surface area contributed by atoms with Gasteiger partial charge in [0, 0.05) is 19.1 Å². The molecule has 1 heterocycles. The summed E-state index contributed by atoms with van der Waals surface area (Å²) < 4.78 is 9.88. The molecule has 0 spiro atoms. The molecule has 0 aromatic carbocycles. The summed E-state index contributed by atoms with van der Waals surface area (Å²) in [7, 11) is 3.02. The number of carbonyl (C=O) groups excluding carboxylic acids is 1. The van der Waals surface area contributed by atoms with Gasteiger partial charge in [-0.2, -0.15) is 0 Å².